The number of aliphatic hydroxyl groups is 1. The number of anilines is 1. The summed E-state index contributed by atoms with van der Waals surface area (Å²) in [7, 11) is 5.82. The van der Waals surface area contributed by atoms with Gasteiger partial charge in [-0.15, -0.1) is 16.8 Å². The number of likely N-dealkylation sites (tertiary alicyclic amines) is 2. The Morgan fingerprint density at radius 3 is 2.32 bits per heavy atom. The van der Waals surface area contributed by atoms with Crippen LogP contribution < -0.4 is 15.0 Å². The maximum atomic E-state index is 14.4. The van der Waals surface area contributed by atoms with Crippen LogP contribution in [0.25, 0.3) is 0 Å². The number of esters is 1. The van der Waals surface area contributed by atoms with Gasteiger partial charge in [0.1, 0.15) is 46.3 Å². The first-order chi connectivity index (χ1) is 34.9. The predicted molar refractivity (Wildman–Crippen MR) is 265 cm³/mol. The molecule has 7 aliphatic heterocycles. The van der Waals surface area contributed by atoms with Crippen molar-refractivity contribution in [2.75, 3.05) is 58.6 Å². The van der Waals surface area contributed by atoms with Crippen molar-refractivity contribution in [3.63, 3.8) is 0 Å². The number of thioether (sulfide) groups is 1. The van der Waals surface area contributed by atoms with E-state index in [-0.39, 0.29) is 86.7 Å². The Balaban J connectivity index is 0.986. The van der Waals surface area contributed by atoms with Crippen molar-refractivity contribution in [3.8, 4) is 5.75 Å². The molecule has 2 N–H and O–H groups in total. The van der Waals surface area contributed by atoms with Crippen LogP contribution in [0.4, 0.5) is 15.3 Å². The average Bonchev–Trinajstić information content (AvgIpc) is 3.80. The topological polar surface area (TPSA) is 257 Å². The van der Waals surface area contributed by atoms with Crippen molar-refractivity contribution in [1.29, 1.82) is 0 Å². The van der Waals surface area contributed by atoms with E-state index in [0.29, 0.717) is 35.8 Å². The number of alkyl carbamates (subject to hydrolysis) is 1. The second-order valence-electron chi connectivity index (χ2n) is 20.2. The molecule has 5 fully saturated rings. The largest absolute Gasteiger partial charge is 0.495 e. The predicted octanol–water partition coefficient (Wildman–Crippen LogP) is 3.82. The summed E-state index contributed by atoms with van der Waals surface area (Å²) in [6, 6.07) is 2.35. The number of carbonyl (C=O) groups excluding carboxylic acids is 9. The van der Waals surface area contributed by atoms with Gasteiger partial charge in [-0.05, 0) is 70.6 Å². The minimum absolute atomic E-state index is 0.0211. The number of allylic oxidation sites excluding steroid dienone is 3. The molecule has 0 aromatic heterocycles. The molecule has 8 atom stereocenters. The number of carbonyl (C=O) groups is 9. The number of nitrogens with one attached hydrogen (secondary N) is 1. The molecule has 8 amide bonds. The van der Waals surface area contributed by atoms with E-state index >= 15 is 0 Å². The van der Waals surface area contributed by atoms with E-state index in [1.807, 2.05) is 13.0 Å². The summed E-state index contributed by atoms with van der Waals surface area (Å²) in [6.07, 6.45) is 0.796. The first-order valence-electron chi connectivity index (χ1n) is 24.5. The molecule has 2 unspecified atom stereocenters. The summed E-state index contributed by atoms with van der Waals surface area (Å²) in [5.41, 5.74) is -2.54. The second-order valence-corrected chi connectivity index (χ2v) is 21.9. The normalized spacial score (nSPS) is 30.5. The summed E-state index contributed by atoms with van der Waals surface area (Å²) in [6.45, 7) is 7.36. The van der Waals surface area contributed by atoms with E-state index in [2.05, 4.69) is 5.32 Å². The summed E-state index contributed by atoms with van der Waals surface area (Å²) >= 11 is 7.97. The van der Waals surface area contributed by atoms with Gasteiger partial charge in [-0.2, -0.15) is 0 Å². The molecule has 5 saturated heterocycles. The van der Waals surface area contributed by atoms with Crippen molar-refractivity contribution in [3.05, 3.63) is 46.5 Å². The molecule has 22 nitrogen and oxygen atoms in total. The van der Waals surface area contributed by atoms with Crippen molar-refractivity contribution in [2.45, 2.75) is 138 Å². The molecule has 0 saturated carbocycles. The lowest BCUT2D eigenvalue weighted by Gasteiger charge is -2.59. The van der Waals surface area contributed by atoms with Crippen LogP contribution >= 0.6 is 23.4 Å². The van der Waals surface area contributed by atoms with Crippen LogP contribution in [0.5, 0.6) is 5.75 Å². The number of fused-ring (bicyclic) bond motifs is 6. The lowest BCUT2D eigenvalue weighted by molar-refractivity contribution is -0.328. The molecule has 0 spiro atoms. The number of rotatable bonds is 12. The molecular formula is C50H65ClN6O16S. The minimum atomic E-state index is -1.92. The lowest BCUT2D eigenvalue weighted by Crippen LogP contribution is -2.72. The third kappa shape index (κ3) is 12.0. The Morgan fingerprint density at radius 1 is 1.00 bits per heavy atom. The number of nitrogens with zero attached hydrogens (tertiary/aromatic N) is 5. The first kappa shape index (κ1) is 56.0. The summed E-state index contributed by atoms with van der Waals surface area (Å²) in [5, 5.41) is 14.3. The van der Waals surface area contributed by atoms with Gasteiger partial charge in [0.15, 0.2) is 5.72 Å². The smallest absolute Gasteiger partial charge is 0.434 e. The van der Waals surface area contributed by atoms with E-state index in [1.54, 1.807) is 38.1 Å². The van der Waals surface area contributed by atoms with E-state index in [1.165, 1.54) is 54.8 Å². The highest BCUT2D eigenvalue weighted by Gasteiger charge is 2.63. The Hall–Kier alpha value is -5.75. The van der Waals surface area contributed by atoms with Crippen LogP contribution in [-0.4, -0.2) is 179 Å². The number of hydrogen-bond donors (Lipinski definition) is 2. The number of amides is 8. The molecule has 24 heteroatoms. The van der Waals surface area contributed by atoms with E-state index < -0.39 is 94.7 Å². The molecule has 0 radical (unpaired) electrons. The summed E-state index contributed by atoms with van der Waals surface area (Å²) < 4.78 is 29.7. The van der Waals surface area contributed by atoms with E-state index in [0.717, 1.165) is 22.9 Å². The molecule has 0 aliphatic carbocycles. The molecule has 404 valence electrons. The lowest BCUT2D eigenvalue weighted by atomic mass is 9.72. The fourth-order valence-electron chi connectivity index (χ4n) is 10.3. The Kier molecular flexibility index (Phi) is 17.1. The molecule has 7 aliphatic rings. The van der Waals surface area contributed by atoms with Gasteiger partial charge >= 0.3 is 18.2 Å². The molecule has 6 bridgehead atoms. The highest BCUT2D eigenvalue weighted by molar-refractivity contribution is 8.00. The summed E-state index contributed by atoms with van der Waals surface area (Å²) in [5.74, 6) is -3.31. The van der Waals surface area contributed by atoms with Gasteiger partial charge in [-0.3, -0.25) is 39.0 Å². The maximum absolute atomic E-state index is 14.4. The fraction of sp³-hybridized carbons (Fsp3) is 0.620. The van der Waals surface area contributed by atoms with Gasteiger partial charge in [-0.25, -0.2) is 14.4 Å². The zero-order valence-corrected chi connectivity index (χ0v) is 44.4. The number of halogens is 1. The summed E-state index contributed by atoms with van der Waals surface area (Å²) in [4.78, 5) is 128. The van der Waals surface area contributed by atoms with Gasteiger partial charge in [0.05, 0.1) is 24.5 Å². The molecule has 74 heavy (non-hydrogen) atoms. The Labute approximate surface area is 438 Å². The number of hydroxylamine groups is 2. The first-order valence-corrected chi connectivity index (χ1v) is 26.0. The molecule has 1 aromatic rings. The Bertz CT molecular complexity index is 2480. The molecule has 7 heterocycles. The third-order valence-electron chi connectivity index (χ3n) is 14.8. The van der Waals surface area contributed by atoms with Gasteiger partial charge in [0.25, 0.3) is 11.8 Å². The maximum Gasteiger partial charge on any atom is 0.434 e. The van der Waals surface area contributed by atoms with Crippen LogP contribution in [-0.2, 0) is 63.8 Å². The number of hydrogen-bond acceptors (Lipinski definition) is 17. The number of likely N-dealkylation sites (N-methyl/N-ethyl adjacent to an activating group) is 1. The quantitative estimate of drug-likeness (QED) is 0.223. The number of methoxy groups -OCH3 is 2. The zero-order chi connectivity index (χ0) is 54.0. The monoisotopic (exact) mass is 1070 g/mol. The van der Waals surface area contributed by atoms with Gasteiger partial charge in [0, 0.05) is 85.1 Å². The van der Waals surface area contributed by atoms with Crippen LogP contribution in [0.2, 0.25) is 5.02 Å². The number of ether oxygens (including phenoxy) is 5. The fourth-order valence-corrected chi connectivity index (χ4v) is 11.7. The molecule has 8 rings (SSSR count). The Morgan fingerprint density at radius 2 is 1.68 bits per heavy atom. The van der Waals surface area contributed by atoms with Gasteiger partial charge in [0.2, 0.25) is 23.6 Å². The van der Waals surface area contributed by atoms with Gasteiger partial charge in [-0.1, -0.05) is 35.4 Å². The van der Waals surface area contributed by atoms with E-state index in [4.69, 9.17) is 40.1 Å². The number of imide groups is 2. The van der Waals surface area contributed by atoms with Crippen LogP contribution in [0.15, 0.2) is 35.9 Å². The minimum Gasteiger partial charge on any atom is -0.495 e. The van der Waals surface area contributed by atoms with Gasteiger partial charge < -0.3 is 48.3 Å². The van der Waals surface area contributed by atoms with Crippen molar-refractivity contribution >= 4 is 82.6 Å². The number of piperidine rings is 1. The van der Waals surface area contributed by atoms with E-state index in [9.17, 15) is 48.3 Å². The second kappa shape index (κ2) is 22.6. The van der Waals surface area contributed by atoms with Crippen molar-refractivity contribution < 1.29 is 76.8 Å². The van der Waals surface area contributed by atoms with Crippen molar-refractivity contribution in [1.82, 2.24) is 25.1 Å². The highest BCUT2D eigenvalue weighted by atomic mass is 35.5. The van der Waals surface area contributed by atoms with Crippen LogP contribution in [0.3, 0.4) is 0 Å². The average molecular weight is 1070 g/mol. The highest BCUT2D eigenvalue weighted by Crippen LogP contribution is 2.50. The van der Waals surface area contributed by atoms with Crippen molar-refractivity contribution in [2.24, 2.45) is 5.92 Å². The number of benzene rings is 1. The van der Waals surface area contributed by atoms with Crippen LogP contribution in [0.1, 0.15) is 91.0 Å². The third-order valence-corrected chi connectivity index (χ3v) is 16.4. The zero-order valence-electron chi connectivity index (χ0n) is 42.8. The molecule has 1 aromatic carbocycles. The SMILES string of the molecule is COc1cc2cc(c1Cl)N(C)C(=O)C[C@H](OC(=O)[C@H](C)N(C)C(=O)CCSC1CC(=O)N(CC3CCN(C(=O)ON4C(=O)CCC4=O)CC3)C1=O)[C@@]1(C)C[C@](C)(O1)C1C[C@@](O)(NC(=O)O1)[C@H](OC)/C=C/C=C(\C)C2. The molecular weight excluding hydrogens is 1010 g/mol. The van der Waals surface area contributed by atoms with Crippen LogP contribution in [0, 0.1) is 5.92 Å². The standard InChI is InChI=1S/C50H65ClN6O16S/c1-28-10-9-11-35(69-8)50(67)25-37(71-46(65)52-50)49(4)27-48(3,73-49)36(24-41(61)54(6)32-21-31(20-28)22-33(68-7)43(32)51)70-45(64)29(2)53(5)38(58)16-19-74-34-23-42(62)56(44(34)63)26-30-14-17-55(18-15-30)47(66)72-57-39(59)12-13-40(57)60/h9-11,21-22,29-30,34-37,67H,12-20,23-27H2,1-8H3,(H,52,65)/b11-9+,28-10+/t29-,34?,35+,36-,37?,48+,49-,50-/m0/s1.